The van der Waals surface area contributed by atoms with Gasteiger partial charge in [0, 0.05) is 24.2 Å². The van der Waals surface area contributed by atoms with Crippen LogP contribution < -0.4 is 4.74 Å². The molecular weight excluding hydrogens is 370 g/mol. The van der Waals surface area contributed by atoms with Gasteiger partial charge in [-0.25, -0.2) is 0 Å². The van der Waals surface area contributed by atoms with Gasteiger partial charge in [0.1, 0.15) is 5.75 Å². The average Bonchev–Trinajstić information content (AvgIpc) is 2.74. The highest BCUT2D eigenvalue weighted by Gasteiger charge is 2.48. The highest BCUT2D eigenvalue weighted by molar-refractivity contribution is 5.95. The van der Waals surface area contributed by atoms with Crippen molar-refractivity contribution >= 4 is 11.9 Å². The van der Waals surface area contributed by atoms with Gasteiger partial charge in [0.15, 0.2) is 0 Å². The normalized spacial score (nSPS) is 21.6. The molecule has 0 saturated carbocycles. The van der Waals surface area contributed by atoms with E-state index in [0.29, 0.717) is 24.9 Å². The predicted molar refractivity (Wildman–Crippen MR) is 110 cm³/mol. The van der Waals surface area contributed by atoms with Gasteiger partial charge in [0.25, 0.3) is 5.91 Å². The van der Waals surface area contributed by atoms with Crippen LogP contribution in [0, 0.1) is 5.41 Å². The van der Waals surface area contributed by atoms with Crippen molar-refractivity contribution in [3.05, 3.63) is 54.1 Å². The minimum atomic E-state index is -1.17. The molecule has 0 unspecified atom stereocenters. The number of aliphatic hydroxyl groups excluding tert-OH is 1. The fourth-order valence-electron chi connectivity index (χ4n) is 4.11. The van der Waals surface area contributed by atoms with E-state index in [4.69, 9.17) is 4.74 Å². The first-order chi connectivity index (χ1) is 13.9. The molecule has 2 aromatic rings. The van der Waals surface area contributed by atoms with Gasteiger partial charge in [-0.3, -0.25) is 9.59 Å². The number of piperidine rings is 1. The number of hydrogen-bond acceptors (Lipinski definition) is 4. The standard InChI is InChI=1S/C23H27NO5/c1-3-12-23(22(27)28)13-14-24(15-20(23)25)21(26)17-10-8-16(9-11-17)18-6-4-5-7-19(18)29-2/h4-11,20,25H,3,12-15H2,1-2H3,(H,27,28)/t20-,23-/m0/s1. The molecule has 154 valence electrons. The van der Waals surface area contributed by atoms with Crippen molar-refractivity contribution < 1.29 is 24.5 Å². The zero-order valence-electron chi connectivity index (χ0n) is 16.8. The van der Waals surface area contributed by atoms with E-state index in [1.807, 2.05) is 43.3 Å². The third-order valence-corrected chi connectivity index (χ3v) is 5.82. The number of carboxylic acid groups (broad SMARTS) is 1. The molecule has 0 bridgehead atoms. The van der Waals surface area contributed by atoms with Crippen molar-refractivity contribution in [2.75, 3.05) is 20.2 Å². The number of aliphatic carboxylic acids is 1. The number of carbonyl (C=O) groups is 2. The molecular formula is C23H27NO5. The number of methoxy groups -OCH3 is 1. The van der Waals surface area contributed by atoms with Crippen LogP contribution >= 0.6 is 0 Å². The van der Waals surface area contributed by atoms with Crippen LogP contribution in [0.25, 0.3) is 11.1 Å². The number of aliphatic hydroxyl groups is 1. The second kappa shape index (κ2) is 8.66. The number of carbonyl (C=O) groups excluding carboxylic acids is 1. The number of nitrogens with zero attached hydrogens (tertiary/aromatic N) is 1. The van der Waals surface area contributed by atoms with E-state index in [-0.39, 0.29) is 18.9 Å². The van der Waals surface area contributed by atoms with Crippen molar-refractivity contribution in [1.29, 1.82) is 0 Å². The summed E-state index contributed by atoms with van der Waals surface area (Å²) < 4.78 is 5.39. The lowest BCUT2D eigenvalue weighted by Gasteiger charge is -2.42. The monoisotopic (exact) mass is 397 g/mol. The van der Waals surface area contributed by atoms with Gasteiger partial charge < -0.3 is 19.8 Å². The van der Waals surface area contributed by atoms with Crippen LogP contribution in [0.3, 0.4) is 0 Å². The summed E-state index contributed by atoms with van der Waals surface area (Å²) in [6.07, 6.45) is 0.244. The van der Waals surface area contributed by atoms with Gasteiger partial charge in [-0.15, -0.1) is 0 Å². The second-order valence-electron chi connectivity index (χ2n) is 7.51. The molecule has 2 aromatic carbocycles. The van der Waals surface area contributed by atoms with Crippen molar-refractivity contribution in [3.8, 4) is 16.9 Å². The second-order valence-corrected chi connectivity index (χ2v) is 7.51. The number of para-hydroxylation sites is 1. The molecule has 1 aliphatic rings. The zero-order valence-corrected chi connectivity index (χ0v) is 16.8. The average molecular weight is 397 g/mol. The number of amides is 1. The molecule has 0 aromatic heterocycles. The van der Waals surface area contributed by atoms with E-state index in [2.05, 4.69) is 0 Å². The summed E-state index contributed by atoms with van der Waals surface area (Å²) in [4.78, 5) is 26.2. The third-order valence-electron chi connectivity index (χ3n) is 5.82. The molecule has 0 radical (unpaired) electrons. The van der Waals surface area contributed by atoms with Crippen LogP contribution in [0.4, 0.5) is 0 Å². The first-order valence-corrected chi connectivity index (χ1v) is 9.87. The summed E-state index contributed by atoms with van der Waals surface area (Å²) in [5.74, 6) is -0.433. The molecule has 29 heavy (non-hydrogen) atoms. The van der Waals surface area contributed by atoms with Gasteiger partial charge in [0.2, 0.25) is 0 Å². The quantitative estimate of drug-likeness (QED) is 0.780. The first kappa shape index (κ1) is 20.9. The van der Waals surface area contributed by atoms with Crippen LogP contribution in [0.1, 0.15) is 36.5 Å². The van der Waals surface area contributed by atoms with Gasteiger partial charge in [-0.2, -0.15) is 0 Å². The summed E-state index contributed by atoms with van der Waals surface area (Å²) in [7, 11) is 1.62. The smallest absolute Gasteiger partial charge is 0.312 e. The molecule has 1 fully saturated rings. The molecule has 0 spiro atoms. The van der Waals surface area contributed by atoms with Crippen molar-refractivity contribution in [2.45, 2.75) is 32.3 Å². The van der Waals surface area contributed by atoms with E-state index in [9.17, 15) is 19.8 Å². The molecule has 6 nitrogen and oxygen atoms in total. The van der Waals surface area contributed by atoms with Crippen LogP contribution in [0.15, 0.2) is 48.5 Å². The Morgan fingerprint density at radius 2 is 1.86 bits per heavy atom. The van der Waals surface area contributed by atoms with Crippen molar-refractivity contribution in [3.63, 3.8) is 0 Å². The Hall–Kier alpha value is -2.86. The number of hydrogen-bond donors (Lipinski definition) is 2. The Balaban J connectivity index is 1.76. The lowest BCUT2D eigenvalue weighted by Crippen LogP contribution is -2.56. The number of benzene rings is 2. The largest absolute Gasteiger partial charge is 0.496 e. The number of β-amino-alcohol motifs (C(OH)–C–C–N with tert-alkyl or cyclic N) is 1. The summed E-state index contributed by atoms with van der Waals surface area (Å²) in [5.41, 5.74) is 1.21. The molecule has 1 saturated heterocycles. The fraction of sp³-hybridized carbons (Fsp3) is 0.391. The van der Waals surface area contributed by atoms with E-state index in [1.165, 1.54) is 0 Å². The molecule has 0 aliphatic carbocycles. The maximum absolute atomic E-state index is 12.9. The zero-order chi connectivity index (χ0) is 21.0. The predicted octanol–water partition coefficient (Wildman–Crippen LogP) is 3.44. The molecule has 2 atom stereocenters. The SMILES string of the molecule is CCC[C@]1(C(=O)O)CCN(C(=O)c2ccc(-c3ccccc3OC)cc2)C[C@@H]1O. The van der Waals surface area contributed by atoms with Crippen LogP contribution in [0.2, 0.25) is 0 Å². The highest BCUT2D eigenvalue weighted by atomic mass is 16.5. The van der Waals surface area contributed by atoms with Gasteiger partial charge >= 0.3 is 5.97 Å². The van der Waals surface area contributed by atoms with E-state index >= 15 is 0 Å². The highest BCUT2D eigenvalue weighted by Crippen LogP contribution is 2.37. The molecule has 3 rings (SSSR count). The van der Waals surface area contributed by atoms with Crippen LogP contribution in [-0.2, 0) is 4.79 Å². The Kier molecular flexibility index (Phi) is 6.23. The van der Waals surface area contributed by atoms with Gasteiger partial charge in [0.05, 0.1) is 18.6 Å². The molecule has 1 amide bonds. The van der Waals surface area contributed by atoms with Crippen molar-refractivity contribution in [2.24, 2.45) is 5.41 Å². The summed E-state index contributed by atoms with van der Waals surface area (Å²) in [5, 5.41) is 20.2. The van der Waals surface area contributed by atoms with Gasteiger partial charge in [-0.1, -0.05) is 43.7 Å². The molecule has 1 aliphatic heterocycles. The number of carboxylic acids is 1. The lowest BCUT2D eigenvalue weighted by atomic mass is 9.72. The Labute approximate surface area is 170 Å². The van der Waals surface area contributed by atoms with E-state index in [1.54, 1.807) is 24.1 Å². The molecule has 2 N–H and O–H groups in total. The minimum absolute atomic E-state index is 0.0272. The number of likely N-dealkylation sites (tertiary alicyclic amines) is 1. The Bertz CT molecular complexity index is 879. The maximum Gasteiger partial charge on any atom is 0.312 e. The Morgan fingerprint density at radius 1 is 1.17 bits per heavy atom. The molecule has 6 heteroatoms. The van der Waals surface area contributed by atoms with Crippen LogP contribution in [0.5, 0.6) is 5.75 Å². The van der Waals surface area contributed by atoms with Crippen molar-refractivity contribution in [1.82, 2.24) is 4.90 Å². The topological polar surface area (TPSA) is 87.1 Å². The minimum Gasteiger partial charge on any atom is -0.496 e. The first-order valence-electron chi connectivity index (χ1n) is 9.87. The van der Waals surface area contributed by atoms with E-state index < -0.39 is 17.5 Å². The third kappa shape index (κ3) is 3.98. The fourth-order valence-corrected chi connectivity index (χ4v) is 4.11. The lowest BCUT2D eigenvalue weighted by molar-refractivity contribution is -0.162. The van der Waals surface area contributed by atoms with Crippen LogP contribution in [-0.4, -0.2) is 53.3 Å². The number of rotatable bonds is 6. The summed E-state index contributed by atoms with van der Waals surface area (Å²) in [6, 6.07) is 14.9. The maximum atomic E-state index is 12.9. The van der Waals surface area contributed by atoms with E-state index in [0.717, 1.165) is 16.9 Å². The van der Waals surface area contributed by atoms with Gasteiger partial charge in [-0.05, 0) is 36.6 Å². The Morgan fingerprint density at radius 3 is 2.45 bits per heavy atom. The molecule has 1 heterocycles. The number of ether oxygens (including phenoxy) is 1. The summed E-state index contributed by atoms with van der Waals surface area (Å²) in [6.45, 7) is 2.24. The summed E-state index contributed by atoms with van der Waals surface area (Å²) >= 11 is 0.